The fraction of sp³-hybridized carbons (Fsp3) is 0.167. The molecule has 2 nitrogen and oxygen atoms in total. The van der Waals surface area contributed by atoms with Crippen LogP contribution in [0.15, 0.2) is 24.3 Å². The summed E-state index contributed by atoms with van der Waals surface area (Å²) < 4.78 is 38.0. The number of hydrogen-bond donors (Lipinski definition) is 0. The number of benzene rings is 1. The summed E-state index contributed by atoms with van der Waals surface area (Å²) in [5.41, 5.74) is -0.987. The van der Waals surface area contributed by atoms with Crippen molar-refractivity contribution in [2.75, 3.05) is 0 Å². The molecule has 0 atom stereocenters. The molecular weight excluding hydrogens is 233 g/mol. The van der Waals surface area contributed by atoms with Gasteiger partial charge in [-0.2, -0.15) is 13.2 Å². The Bertz CT molecular complexity index is 448. The second-order valence-electron chi connectivity index (χ2n) is 3.27. The number of carbonyl (C=O) groups excluding carboxylic acids is 2. The van der Waals surface area contributed by atoms with Gasteiger partial charge in [-0.15, -0.1) is 0 Å². The average Bonchev–Trinajstić information content (AvgIpc) is 2.28. The van der Waals surface area contributed by atoms with E-state index >= 15 is 0 Å². The molecule has 0 bridgehead atoms. The molecule has 0 radical (unpaired) electrons. The van der Waals surface area contributed by atoms with Crippen molar-refractivity contribution >= 4 is 18.6 Å². The molecule has 90 valence electrons. The van der Waals surface area contributed by atoms with Crippen molar-refractivity contribution in [3.05, 3.63) is 41.0 Å². The van der Waals surface area contributed by atoms with Gasteiger partial charge in [-0.05, 0) is 11.6 Å². The molecule has 1 aromatic carbocycles. The maximum absolute atomic E-state index is 12.7. The van der Waals surface area contributed by atoms with Gasteiger partial charge in [-0.3, -0.25) is 4.79 Å². The van der Waals surface area contributed by atoms with Crippen molar-refractivity contribution in [2.45, 2.75) is 12.6 Å². The van der Waals surface area contributed by atoms with Crippen LogP contribution in [0.5, 0.6) is 0 Å². The predicted octanol–water partition coefficient (Wildman–Crippen LogP) is 3.12. The molecule has 1 rings (SSSR count). The van der Waals surface area contributed by atoms with E-state index in [-0.39, 0.29) is 17.5 Å². The highest BCUT2D eigenvalue weighted by Crippen LogP contribution is 2.33. The fourth-order valence-corrected chi connectivity index (χ4v) is 1.29. The molecule has 0 amide bonds. The molecule has 0 saturated carbocycles. The van der Waals surface area contributed by atoms with E-state index in [1.165, 1.54) is 24.3 Å². The minimum atomic E-state index is -4.53. The summed E-state index contributed by atoms with van der Waals surface area (Å²) in [5.74, 6) is 0. The normalized spacial score (nSPS) is 11.7. The third-order valence-corrected chi connectivity index (χ3v) is 2.05. The Labute approximate surface area is 95.8 Å². The van der Waals surface area contributed by atoms with Crippen LogP contribution in [0.25, 0.3) is 6.08 Å². The molecule has 0 unspecified atom stereocenters. The van der Waals surface area contributed by atoms with Gasteiger partial charge in [0, 0.05) is 12.0 Å². The van der Waals surface area contributed by atoms with Crippen molar-refractivity contribution in [1.82, 2.24) is 0 Å². The van der Waals surface area contributed by atoms with Gasteiger partial charge >= 0.3 is 6.18 Å². The number of hydrogen-bond acceptors (Lipinski definition) is 2. The summed E-state index contributed by atoms with van der Waals surface area (Å²) in [5, 5.41) is 0. The monoisotopic (exact) mass is 242 g/mol. The summed E-state index contributed by atoms with van der Waals surface area (Å²) in [7, 11) is 0. The molecule has 0 aliphatic heterocycles. The van der Waals surface area contributed by atoms with Crippen LogP contribution in [-0.4, -0.2) is 12.6 Å². The van der Waals surface area contributed by atoms with Gasteiger partial charge in [0.25, 0.3) is 0 Å². The van der Waals surface area contributed by atoms with E-state index in [9.17, 15) is 22.8 Å². The van der Waals surface area contributed by atoms with Gasteiger partial charge in [0.1, 0.15) is 12.6 Å². The third-order valence-electron chi connectivity index (χ3n) is 2.05. The van der Waals surface area contributed by atoms with Crippen LogP contribution in [-0.2, 0) is 11.0 Å². The molecule has 0 heterocycles. The first kappa shape index (κ1) is 13.2. The van der Waals surface area contributed by atoms with Crippen molar-refractivity contribution in [1.29, 1.82) is 0 Å². The molecule has 17 heavy (non-hydrogen) atoms. The number of allylic oxidation sites excluding steroid dienone is 1. The van der Waals surface area contributed by atoms with E-state index < -0.39 is 11.7 Å². The first-order valence-corrected chi connectivity index (χ1v) is 4.75. The molecule has 0 aliphatic carbocycles. The van der Waals surface area contributed by atoms with E-state index in [0.29, 0.717) is 12.6 Å². The lowest BCUT2D eigenvalue weighted by Crippen LogP contribution is -2.08. The summed E-state index contributed by atoms with van der Waals surface area (Å²) in [6.45, 7) is 0. The highest BCUT2D eigenvalue weighted by Gasteiger charge is 2.32. The lowest BCUT2D eigenvalue weighted by molar-refractivity contribution is -0.137. The number of aldehydes is 2. The molecule has 1 aromatic rings. The minimum absolute atomic E-state index is 0.0372. The maximum Gasteiger partial charge on any atom is 0.417 e. The van der Waals surface area contributed by atoms with Gasteiger partial charge < -0.3 is 4.79 Å². The number of rotatable bonds is 4. The molecule has 0 fully saturated rings. The summed E-state index contributed by atoms with van der Waals surface area (Å²) in [6.07, 6.45) is -0.992. The maximum atomic E-state index is 12.7. The Morgan fingerprint density at radius 1 is 1.18 bits per heavy atom. The van der Waals surface area contributed by atoms with Crippen molar-refractivity contribution in [2.24, 2.45) is 0 Å². The van der Waals surface area contributed by atoms with Gasteiger partial charge in [0.05, 0.1) is 5.56 Å². The SMILES string of the molecule is O=CCC=Cc1ccc(C=O)cc1C(F)(F)F. The van der Waals surface area contributed by atoms with E-state index in [1.54, 1.807) is 0 Å². The van der Waals surface area contributed by atoms with Crippen LogP contribution < -0.4 is 0 Å². The second kappa shape index (κ2) is 5.43. The molecule has 5 heteroatoms. The Morgan fingerprint density at radius 3 is 2.41 bits per heavy atom. The molecule has 0 spiro atoms. The Morgan fingerprint density at radius 2 is 1.88 bits per heavy atom. The zero-order chi connectivity index (χ0) is 12.9. The van der Waals surface area contributed by atoms with E-state index in [0.717, 1.165) is 6.07 Å². The Kier molecular flexibility index (Phi) is 4.20. The number of carbonyl (C=O) groups is 2. The minimum Gasteiger partial charge on any atom is -0.303 e. The summed E-state index contributed by atoms with van der Waals surface area (Å²) in [6, 6.07) is 3.28. The largest absolute Gasteiger partial charge is 0.417 e. The highest BCUT2D eigenvalue weighted by molar-refractivity contribution is 5.76. The van der Waals surface area contributed by atoms with Gasteiger partial charge in [-0.1, -0.05) is 24.3 Å². The van der Waals surface area contributed by atoms with Crippen molar-refractivity contribution < 1.29 is 22.8 Å². The fourth-order valence-electron chi connectivity index (χ4n) is 1.29. The van der Waals surface area contributed by atoms with Crippen LogP contribution in [0, 0.1) is 0 Å². The van der Waals surface area contributed by atoms with Gasteiger partial charge in [0.15, 0.2) is 0 Å². The highest BCUT2D eigenvalue weighted by atomic mass is 19.4. The van der Waals surface area contributed by atoms with Crippen LogP contribution in [0.4, 0.5) is 13.2 Å². The molecule has 0 aliphatic rings. The standard InChI is InChI=1S/C12H9F3O2/c13-12(14,15)11-7-9(8-17)4-5-10(11)3-1-2-6-16/h1,3-8H,2H2. The summed E-state index contributed by atoms with van der Waals surface area (Å²) >= 11 is 0. The predicted molar refractivity (Wildman–Crippen MR) is 56.5 cm³/mol. The van der Waals surface area contributed by atoms with Crippen molar-refractivity contribution in [3.63, 3.8) is 0 Å². The zero-order valence-electron chi connectivity index (χ0n) is 8.70. The zero-order valence-corrected chi connectivity index (χ0v) is 8.70. The molecular formula is C12H9F3O2. The average molecular weight is 242 g/mol. The summed E-state index contributed by atoms with van der Waals surface area (Å²) in [4.78, 5) is 20.5. The van der Waals surface area contributed by atoms with Crippen molar-refractivity contribution in [3.8, 4) is 0 Å². The molecule has 0 saturated heterocycles. The molecule has 0 aromatic heterocycles. The Balaban J connectivity index is 3.20. The third kappa shape index (κ3) is 3.55. The van der Waals surface area contributed by atoms with E-state index in [1.807, 2.05) is 0 Å². The van der Waals surface area contributed by atoms with Crippen LogP contribution in [0.2, 0.25) is 0 Å². The van der Waals surface area contributed by atoms with Crippen LogP contribution in [0.3, 0.4) is 0 Å². The van der Waals surface area contributed by atoms with Crippen LogP contribution in [0.1, 0.15) is 27.9 Å². The van der Waals surface area contributed by atoms with E-state index in [2.05, 4.69) is 0 Å². The second-order valence-corrected chi connectivity index (χ2v) is 3.27. The van der Waals surface area contributed by atoms with Crippen LogP contribution >= 0.6 is 0 Å². The lowest BCUT2D eigenvalue weighted by atomic mass is 10.0. The quantitative estimate of drug-likeness (QED) is 0.760. The lowest BCUT2D eigenvalue weighted by Gasteiger charge is -2.10. The van der Waals surface area contributed by atoms with Gasteiger partial charge in [-0.25, -0.2) is 0 Å². The molecule has 0 N–H and O–H groups in total. The topological polar surface area (TPSA) is 34.1 Å². The number of alkyl halides is 3. The number of halogens is 3. The van der Waals surface area contributed by atoms with E-state index in [4.69, 9.17) is 0 Å². The Hall–Kier alpha value is -1.91. The smallest absolute Gasteiger partial charge is 0.303 e. The first-order valence-electron chi connectivity index (χ1n) is 4.75. The first-order chi connectivity index (χ1) is 7.99. The van der Waals surface area contributed by atoms with Gasteiger partial charge in [0.2, 0.25) is 0 Å².